The maximum atomic E-state index is 15.3. The summed E-state index contributed by atoms with van der Waals surface area (Å²) in [6.07, 6.45) is 1.65. The molecule has 0 N–H and O–H groups in total. The van der Waals surface area contributed by atoms with Gasteiger partial charge in [0.15, 0.2) is 11.6 Å². The summed E-state index contributed by atoms with van der Waals surface area (Å²) in [5, 5.41) is 0. The van der Waals surface area contributed by atoms with E-state index < -0.39 is 35.4 Å². The first kappa shape index (κ1) is 26.5. The number of pyridine rings is 1. The minimum atomic E-state index is -2.90. The van der Waals surface area contributed by atoms with Crippen LogP contribution in [0.4, 0.5) is 18.9 Å². The van der Waals surface area contributed by atoms with Crippen LogP contribution in [0.25, 0.3) is 0 Å². The highest BCUT2D eigenvalue weighted by Gasteiger charge is 2.33. The summed E-state index contributed by atoms with van der Waals surface area (Å²) in [7, 11) is 1.16. The Kier molecular flexibility index (Phi) is 8.40. The standard InChI is InChI=1S/C26H31F3N2O4/c1-14(2)31(25(32)17-8-6-15(3)7-9-17)20-13-19(27)21(12-18(20)26(33)34-5)35-24-22(23(28)29)16(4)10-11-30-24/h10-15,17,23H,6-9H2,1-5H3. The summed E-state index contributed by atoms with van der Waals surface area (Å²) >= 11 is 0. The van der Waals surface area contributed by atoms with Crippen molar-refractivity contribution in [1.29, 1.82) is 0 Å². The highest BCUT2D eigenvalue weighted by molar-refractivity contribution is 6.04. The first-order chi connectivity index (χ1) is 16.5. The number of alkyl halides is 2. The van der Waals surface area contributed by atoms with Crippen molar-refractivity contribution >= 4 is 17.6 Å². The Morgan fingerprint density at radius 3 is 2.37 bits per heavy atom. The molecule has 1 saturated carbocycles. The van der Waals surface area contributed by atoms with Crippen molar-refractivity contribution in [1.82, 2.24) is 4.98 Å². The number of ether oxygens (including phenoxy) is 2. The highest BCUT2D eigenvalue weighted by atomic mass is 19.3. The van der Waals surface area contributed by atoms with Gasteiger partial charge in [0.2, 0.25) is 11.8 Å². The number of carbonyl (C=O) groups excluding carboxylic acids is 2. The Bertz CT molecular complexity index is 1080. The average molecular weight is 493 g/mol. The third-order valence-corrected chi connectivity index (χ3v) is 6.43. The van der Waals surface area contributed by atoms with Gasteiger partial charge in [-0.1, -0.05) is 6.92 Å². The van der Waals surface area contributed by atoms with E-state index in [1.807, 2.05) is 0 Å². The van der Waals surface area contributed by atoms with Gasteiger partial charge >= 0.3 is 5.97 Å². The number of nitrogens with zero attached hydrogens (tertiary/aromatic N) is 2. The normalized spacial score (nSPS) is 18.0. The van der Waals surface area contributed by atoms with E-state index >= 15 is 4.39 Å². The van der Waals surface area contributed by atoms with Crippen molar-refractivity contribution in [3.63, 3.8) is 0 Å². The van der Waals surface area contributed by atoms with E-state index in [0.29, 0.717) is 5.92 Å². The maximum Gasteiger partial charge on any atom is 0.340 e. The number of aromatic nitrogens is 1. The quantitative estimate of drug-likeness (QED) is 0.407. The Morgan fingerprint density at radius 1 is 1.14 bits per heavy atom. The summed E-state index contributed by atoms with van der Waals surface area (Å²) in [6, 6.07) is 3.11. The van der Waals surface area contributed by atoms with Gasteiger partial charge in [-0.3, -0.25) is 4.79 Å². The largest absolute Gasteiger partial charge is 0.465 e. The molecular formula is C26H31F3N2O4. The molecule has 2 aromatic rings. The van der Waals surface area contributed by atoms with Crippen molar-refractivity contribution < 1.29 is 32.2 Å². The molecular weight excluding hydrogens is 461 g/mol. The number of esters is 1. The van der Waals surface area contributed by atoms with Crippen molar-refractivity contribution in [2.45, 2.75) is 65.8 Å². The fourth-order valence-electron chi connectivity index (χ4n) is 4.44. The Balaban J connectivity index is 2.06. The average Bonchev–Trinajstić information content (AvgIpc) is 2.80. The number of anilines is 1. The molecule has 1 heterocycles. The third kappa shape index (κ3) is 5.77. The van der Waals surface area contributed by atoms with Crippen LogP contribution < -0.4 is 9.64 Å². The SMILES string of the molecule is COC(=O)c1cc(Oc2nccc(C)c2C(F)F)c(F)cc1N(C(=O)C1CCC(C)CC1)C(C)C. The van der Waals surface area contributed by atoms with Gasteiger partial charge in [0, 0.05) is 30.3 Å². The van der Waals surface area contributed by atoms with E-state index in [1.165, 1.54) is 24.1 Å². The number of methoxy groups -OCH3 is 1. The first-order valence-electron chi connectivity index (χ1n) is 11.7. The first-order valence-corrected chi connectivity index (χ1v) is 11.7. The lowest BCUT2D eigenvalue weighted by Gasteiger charge is -2.34. The number of amides is 1. The van der Waals surface area contributed by atoms with E-state index in [4.69, 9.17) is 9.47 Å². The Labute approximate surface area is 203 Å². The second kappa shape index (κ2) is 11.1. The molecule has 190 valence electrons. The van der Waals surface area contributed by atoms with Crippen LogP contribution in [0.3, 0.4) is 0 Å². The van der Waals surface area contributed by atoms with Crippen molar-refractivity contribution in [2.75, 3.05) is 12.0 Å². The number of benzene rings is 1. The topological polar surface area (TPSA) is 68.7 Å². The number of hydrogen-bond donors (Lipinski definition) is 0. The lowest BCUT2D eigenvalue weighted by molar-refractivity contribution is -0.123. The summed E-state index contributed by atoms with van der Waals surface area (Å²) in [5.41, 5.74) is -0.303. The van der Waals surface area contributed by atoms with Gasteiger partial charge in [0.25, 0.3) is 6.43 Å². The van der Waals surface area contributed by atoms with Crippen LogP contribution in [-0.2, 0) is 9.53 Å². The van der Waals surface area contributed by atoms with Gasteiger partial charge in [-0.2, -0.15) is 0 Å². The molecule has 0 spiro atoms. The predicted molar refractivity (Wildman–Crippen MR) is 125 cm³/mol. The van der Waals surface area contributed by atoms with E-state index in [0.717, 1.165) is 44.9 Å². The van der Waals surface area contributed by atoms with E-state index in [-0.39, 0.29) is 34.7 Å². The molecule has 0 atom stereocenters. The number of halogens is 3. The summed E-state index contributed by atoms with van der Waals surface area (Å²) < 4.78 is 52.7. The van der Waals surface area contributed by atoms with Crippen LogP contribution in [-0.4, -0.2) is 30.0 Å². The second-order valence-corrected chi connectivity index (χ2v) is 9.30. The zero-order valence-electron chi connectivity index (χ0n) is 20.6. The van der Waals surface area contributed by atoms with Gasteiger partial charge in [-0.15, -0.1) is 0 Å². The van der Waals surface area contributed by atoms with Crippen LogP contribution in [0.5, 0.6) is 11.6 Å². The fraction of sp³-hybridized carbons (Fsp3) is 0.500. The fourth-order valence-corrected chi connectivity index (χ4v) is 4.44. The predicted octanol–water partition coefficient (Wildman–Crippen LogP) is 6.61. The monoisotopic (exact) mass is 492 g/mol. The van der Waals surface area contributed by atoms with Crippen LogP contribution in [0.1, 0.15) is 74.4 Å². The van der Waals surface area contributed by atoms with E-state index in [9.17, 15) is 18.4 Å². The van der Waals surface area contributed by atoms with Gasteiger partial charge in [0.1, 0.15) is 0 Å². The lowest BCUT2D eigenvalue weighted by Crippen LogP contribution is -2.43. The molecule has 0 radical (unpaired) electrons. The smallest absolute Gasteiger partial charge is 0.340 e. The second-order valence-electron chi connectivity index (χ2n) is 9.30. The summed E-state index contributed by atoms with van der Waals surface area (Å²) in [6.45, 7) is 7.16. The van der Waals surface area contributed by atoms with Gasteiger partial charge in [-0.05, 0) is 64.0 Å². The number of rotatable bonds is 7. The zero-order chi connectivity index (χ0) is 25.9. The lowest BCUT2D eigenvalue weighted by atomic mass is 9.82. The number of aryl methyl sites for hydroxylation is 1. The number of carbonyl (C=O) groups is 2. The zero-order valence-corrected chi connectivity index (χ0v) is 20.6. The highest BCUT2D eigenvalue weighted by Crippen LogP contribution is 2.38. The van der Waals surface area contributed by atoms with Crippen LogP contribution >= 0.6 is 0 Å². The molecule has 1 aliphatic rings. The van der Waals surface area contributed by atoms with Crippen molar-refractivity contribution in [3.05, 3.63) is 46.9 Å². The molecule has 3 rings (SSSR count). The molecule has 0 unspecified atom stereocenters. The van der Waals surface area contributed by atoms with Crippen LogP contribution in [0.2, 0.25) is 0 Å². The molecule has 1 aromatic carbocycles. The van der Waals surface area contributed by atoms with Crippen LogP contribution in [0, 0.1) is 24.6 Å². The molecule has 1 fully saturated rings. The summed E-state index contributed by atoms with van der Waals surface area (Å²) in [5.74, 6) is -2.56. The molecule has 1 amide bonds. The molecule has 6 nitrogen and oxygen atoms in total. The molecule has 35 heavy (non-hydrogen) atoms. The maximum absolute atomic E-state index is 15.3. The molecule has 0 bridgehead atoms. The van der Waals surface area contributed by atoms with E-state index in [2.05, 4.69) is 11.9 Å². The van der Waals surface area contributed by atoms with Crippen molar-refractivity contribution in [3.8, 4) is 11.6 Å². The Morgan fingerprint density at radius 2 is 1.80 bits per heavy atom. The molecule has 1 aliphatic carbocycles. The molecule has 9 heteroatoms. The van der Waals surface area contributed by atoms with Gasteiger partial charge in [0.05, 0.1) is 23.9 Å². The molecule has 0 aliphatic heterocycles. The Hall–Kier alpha value is -3.10. The van der Waals surface area contributed by atoms with Crippen LogP contribution in [0.15, 0.2) is 24.4 Å². The van der Waals surface area contributed by atoms with Gasteiger partial charge in [-0.25, -0.2) is 22.9 Å². The van der Waals surface area contributed by atoms with Crippen molar-refractivity contribution in [2.24, 2.45) is 11.8 Å². The summed E-state index contributed by atoms with van der Waals surface area (Å²) in [4.78, 5) is 31.4. The minimum Gasteiger partial charge on any atom is -0.465 e. The molecule has 1 aromatic heterocycles. The van der Waals surface area contributed by atoms with Gasteiger partial charge < -0.3 is 14.4 Å². The number of hydrogen-bond acceptors (Lipinski definition) is 5. The van der Waals surface area contributed by atoms with E-state index in [1.54, 1.807) is 13.8 Å². The third-order valence-electron chi connectivity index (χ3n) is 6.43. The minimum absolute atomic E-state index is 0.0478. The molecule has 0 saturated heterocycles.